The van der Waals surface area contributed by atoms with Gasteiger partial charge >= 0.3 is 0 Å². The highest BCUT2D eigenvalue weighted by molar-refractivity contribution is 5.41. The molecule has 0 bridgehead atoms. The van der Waals surface area contributed by atoms with Gasteiger partial charge in [-0.2, -0.15) is 0 Å². The fourth-order valence-electron chi connectivity index (χ4n) is 4.06. The van der Waals surface area contributed by atoms with Gasteiger partial charge in [0.1, 0.15) is 11.5 Å². The molecule has 1 fully saturated rings. The Bertz CT molecular complexity index is 1000. The van der Waals surface area contributed by atoms with Crippen LogP contribution in [-0.4, -0.2) is 52.7 Å². The first-order valence-electron chi connectivity index (χ1n) is 9.98. The topological polar surface area (TPSA) is 61.9 Å². The fraction of sp³-hybridized carbons (Fsp3) is 0.348. The van der Waals surface area contributed by atoms with Gasteiger partial charge in [-0.3, -0.25) is 9.69 Å². The summed E-state index contributed by atoms with van der Waals surface area (Å²) >= 11 is 0. The van der Waals surface area contributed by atoms with Crippen molar-refractivity contribution >= 4 is 0 Å². The number of piperazine rings is 1. The van der Waals surface area contributed by atoms with Crippen LogP contribution in [0.5, 0.6) is 5.75 Å². The summed E-state index contributed by atoms with van der Waals surface area (Å²) in [5.74, 6) is 0.763. The van der Waals surface area contributed by atoms with E-state index in [9.17, 15) is 9.90 Å². The monoisotopic (exact) mass is 393 g/mol. The highest BCUT2D eigenvalue weighted by atomic mass is 16.3. The lowest BCUT2D eigenvalue weighted by Gasteiger charge is -2.38. The van der Waals surface area contributed by atoms with E-state index in [1.807, 2.05) is 49.4 Å². The molecule has 1 aliphatic heterocycles. The molecule has 0 saturated carbocycles. The van der Waals surface area contributed by atoms with Gasteiger partial charge in [-0.25, -0.2) is 0 Å². The van der Waals surface area contributed by atoms with Crippen LogP contribution >= 0.6 is 0 Å². The van der Waals surface area contributed by atoms with E-state index in [4.69, 9.17) is 4.42 Å². The Balaban J connectivity index is 1.82. The van der Waals surface area contributed by atoms with Crippen molar-refractivity contribution in [2.45, 2.75) is 19.5 Å². The minimum atomic E-state index is -0.291. The molecule has 3 aromatic rings. The van der Waals surface area contributed by atoms with E-state index in [-0.39, 0.29) is 17.4 Å². The third-order valence-electron chi connectivity index (χ3n) is 5.71. The van der Waals surface area contributed by atoms with Crippen molar-refractivity contribution in [3.63, 3.8) is 0 Å². The molecule has 4 rings (SSSR count). The van der Waals surface area contributed by atoms with Gasteiger partial charge in [0.2, 0.25) is 0 Å². The molecule has 0 spiro atoms. The number of aromatic hydroxyl groups is 1. The first kappa shape index (κ1) is 19.5. The quantitative estimate of drug-likeness (QED) is 0.722. The van der Waals surface area contributed by atoms with Gasteiger partial charge < -0.3 is 19.0 Å². The molecular formula is C23H27N3O3. The molecule has 1 saturated heterocycles. The molecule has 0 amide bonds. The first-order chi connectivity index (χ1) is 14.0. The summed E-state index contributed by atoms with van der Waals surface area (Å²) < 4.78 is 7.13. The number of nitrogens with zero attached hydrogens (tertiary/aromatic N) is 3. The van der Waals surface area contributed by atoms with Crippen molar-refractivity contribution in [1.29, 1.82) is 0 Å². The zero-order valence-electron chi connectivity index (χ0n) is 16.9. The third kappa shape index (κ3) is 3.99. The number of likely N-dealkylation sites (N-methyl/N-ethyl adjacent to an activating group) is 1. The minimum Gasteiger partial charge on any atom is -0.507 e. The van der Waals surface area contributed by atoms with E-state index in [2.05, 4.69) is 16.8 Å². The lowest BCUT2D eigenvalue weighted by molar-refractivity contribution is 0.125. The van der Waals surface area contributed by atoms with Gasteiger partial charge in [0.05, 0.1) is 24.4 Å². The number of pyridine rings is 1. The van der Waals surface area contributed by atoms with Crippen LogP contribution in [0, 0.1) is 6.92 Å². The predicted octanol–water partition coefficient (Wildman–Crippen LogP) is 2.84. The summed E-state index contributed by atoms with van der Waals surface area (Å²) in [5.41, 5.74) is 1.97. The summed E-state index contributed by atoms with van der Waals surface area (Å²) in [6, 6.07) is 15.0. The number of aryl methyl sites for hydroxylation is 1. The maximum absolute atomic E-state index is 13.6. The molecule has 3 heterocycles. The van der Waals surface area contributed by atoms with Crippen LogP contribution in [0.4, 0.5) is 0 Å². The van der Waals surface area contributed by atoms with Crippen LogP contribution in [0.15, 0.2) is 64.0 Å². The number of benzene rings is 1. The van der Waals surface area contributed by atoms with Crippen LogP contribution < -0.4 is 5.56 Å². The molecule has 1 N–H and O–H groups in total. The zero-order chi connectivity index (χ0) is 20.4. The van der Waals surface area contributed by atoms with Gasteiger partial charge in [-0.1, -0.05) is 30.3 Å². The van der Waals surface area contributed by atoms with Crippen LogP contribution in [0.1, 0.15) is 28.6 Å². The third-order valence-corrected chi connectivity index (χ3v) is 5.71. The summed E-state index contributed by atoms with van der Waals surface area (Å²) in [4.78, 5) is 18.2. The maximum Gasteiger partial charge on any atom is 0.260 e. The molecule has 1 aliphatic rings. The number of rotatable bonds is 5. The average Bonchev–Trinajstić information content (AvgIpc) is 3.23. The Labute approximate surface area is 170 Å². The highest BCUT2D eigenvalue weighted by Crippen LogP contribution is 2.33. The van der Waals surface area contributed by atoms with Crippen molar-refractivity contribution in [3.05, 3.63) is 87.7 Å². The van der Waals surface area contributed by atoms with E-state index in [1.54, 1.807) is 16.9 Å². The van der Waals surface area contributed by atoms with E-state index < -0.39 is 0 Å². The molecule has 1 atom stereocenters. The Kier molecular flexibility index (Phi) is 5.56. The van der Waals surface area contributed by atoms with Crippen molar-refractivity contribution in [1.82, 2.24) is 14.4 Å². The normalized spacial score (nSPS) is 16.8. The van der Waals surface area contributed by atoms with Crippen molar-refractivity contribution in [2.75, 3.05) is 33.2 Å². The van der Waals surface area contributed by atoms with Crippen molar-refractivity contribution in [2.24, 2.45) is 0 Å². The second kappa shape index (κ2) is 8.27. The maximum atomic E-state index is 13.6. The Hall–Kier alpha value is -2.83. The smallest absolute Gasteiger partial charge is 0.260 e. The summed E-state index contributed by atoms with van der Waals surface area (Å²) in [5, 5.41) is 10.9. The lowest BCUT2D eigenvalue weighted by Crippen LogP contribution is -2.47. The fourth-order valence-corrected chi connectivity index (χ4v) is 4.06. The van der Waals surface area contributed by atoms with Gasteiger partial charge in [0.25, 0.3) is 5.56 Å². The van der Waals surface area contributed by atoms with Crippen molar-refractivity contribution < 1.29 is 9.52 Å². The predicted molar refractivity (Wildman–Crippen MR) is 112 cm³/mol. The van der Waals surface area contributed by atoms with Crippen LogP contribution in [0.3, 0.4) is 0 Å². The van der Waals surface area contributed by atoms with Gasteiger partial charge in [-0.15, -0.1) is 0 Å². The van der Waals surface area contributed by atoms with E-state index >= 15 is 0 Å². The molecular weight excluding hydrogens is 366 g/mol. The molecule has 29 heavy (non-hydrogen) atoms. The van der Waals surface area contributed by atoms with Gasteiger partial charge in [-0.05, 0) is 37.7 Å². The van der Waals surface area contributed by atoms with Gasteiger partial charge in [0.15, 0.2) is 0 Å². The molecule has 1 aromatic carbocycles. The second-order valence-electron chi connectivity index (χ2n) is 7.71. The van der Waals surface area contributed by atoms with E-state index in [0.717, 1.165) is 31.7 Å². The average molecular weight is 393 g/mol. The second-order valence-corrected chi connectivity index (χ2v) is 7.71. The van der Waals surface area contributed by atoms with Gasteiger partial charge in [0, 0.05) is 31.9 Å². The Morgan fingerprint density at radius 2 is 1.79 bits per heavy atom. The summed E-state index contributed by atoms with van der Waals surface area (Å²) in [7, 11) is 2.11. The number of hydrogen-bond acceptors (Lipinski definition) is 5. The zero-order valence-corrected chi connectivity index (χ0v) is 16.9. The minimum absolute atomic E-state index is 0.0518. The summed E-state index contributed by atoms with van der Waals surface area (Å²) in [6.45, 7) is 5.70. The first-order valence-corrected chi connectivity index (χ1v) is 9.98. The molecule has 152 valence electrons. The van der Waals surface area contributed by atoms with Crippen LogP contribution in [0.2, 0.25) is 0 Å². The highest BCUT2D eigenvalue weighted by Gasteiger charge is 2.30. The largest absolute Gasteiger partial charge is 0.507 e. The number of hydrogen-bond donors (Lipinski definition) is 1. The van der Waals surface area contributed by atoms with E-state index in [1.165, 1.54) is 0 Å². The molecule has 6 heteroatoms. The Morgan fingerprint density at radius 3 is 2.45 bits per heavy atom. The molecule has 0 aliphatic carbocycles. The molecule has 2 aromatic heterocycles. The number of furan rings is 1. The number of aromatic nitrogens is 1. The standard InChI is InChI=1S/C23H27N3O3/c1-17-15-20(27)21(23(28)26(17)16-19-9-6-14-29-19)22(18-7-4-3-5-8-18)25-12-10-24(2)11-13-25/h3-9,14-15,22,27H,10-13,16H2,1-2H3/t22-/m0/s1. The summed E-state index contributed by atoms with van der Waals surface area (Å²) in [6.07, 6.45) is 1.61. The molecule has 0 unspecified atom stereocenters. The van der Waals surface area contributed by atoms with Crippen LogP contribution in [0.25, 0.3) is 0 Å². The lowest BCUT2D eigenvalue weighted by atomic mass is 9.96. The molecule has 6 nitrogen and oxygen atoms in total. The van der Waals surface area contributed by atoms with Crippen LogP contribution in [-0.2, 0) is 6.54 Å². The SMILES string of the molecule is Cc1cc(O)c([C@H](c2ccccc2)N2CCN(C)CC2)c(=O)n1Cc1ccco1. The Morgan fingerprint density at radius 1 is 1.07 bits per heavy atom. The molecule has 0 radical (unpaired) electrons. The van der Waals surface area contributed by atoms with Crippen molar-refractivity contribution in [3.8, 4) is 5.75 Å². The van der Waals surface area contributed by atoms with E-state index in [0.29, 0.717) is 23.6 Å².